The van der Waals surface area contributed by atoms with Crippen LogP contribution in [-0.2, 0) is 14.3 Å². The zero-order valence-corrected chi connectivity index (χ0v) is 14.0. The standard InChI is InChI=1S/C19H18N2O5/c22-17(20-10-1-2-10)15-13-5-6-19(26-13)8-21(18(23)16(15)19)11-3-4-12-14(7-11)25-9-24-12/h3-7,10,13,15-16H,1-2,8-9H2,(H,20,22)/t13-,15?,16?,19?/m0/s1. The Labute approximate surface area is 149 Å². The molecule has 6 rings (SSSR count). The van der Waals surface area contributed by atoms with Gasteiger partial charge < -0.3 is 24.4 Å². The van der Waals surface area contributed by atoms with E-state index in [2.05, 4.69) is 5.32 Å². The van der Waals surface area contributed by atoms with E-state index >= 15 is 0 Å². The Morgan fingerprint density at radius 3 is 2.92 bits per heavy atom. The summed E-state index contributed by atoms with van der Waals surface area (Å²) in [6, 6.07) is 5.73. The summed E-state index contributed by atoms with van der Waals surface area (Å²) in [5.41, 5.74) is 0.0359. The predicted molar refractivity (Wildman–Crippen MR) is 89.8 cm³/mol. The van der Waals surface area contributed by atoms with Crippen molar-refractivity contribution in [2.45, 2.75) is 30.6 Å². The van der Waals surface area contributed by atoms with Gasteiger partial charge in [0.2, 0.25) is 18.6 Å². The van der Waals surface area contributed by atoms with Crippen LogP contribution in [0.2, 0.25) is 0 Å². The molecule has 1 aromatic rings. The predicted octanol–water partition coefficient (Wildman–Crippen LogP) is 0.980. The SMILES string of the molecule is O=C(NC1CC1)C1C2C(=O)N(c3ccc4c(c3)OCO4)CC23C=C[C@@H]1O3. The van der Waals surface area contributed by atoms with E-state index in [1.54, 1.807) is 4.90 Å². The number of amides is 2. The van der Waals surface area contributed by atoms with Gasteiger partial charge in [-0.25, -0.2) is 0 Å². The van der Waals surface area contributed by atoms with Crippen molar-refractivity contribution < 1.29 is 23.8 Å². The smallest absolute Gasteiger partial charge is 0.234 e. The number of ether oxygens (including phenoxy) is 3. The van der Waals surface area contributed by atoms with Gasteiger partial charge in [-0.3, -0.25) is 9.59 Å². The number of nitrogens with zero attached hydrogens (tertiary/aromatic N) is 1. The van der Waals surface area contributed by atoms with E-state index in [1.165, 1.54) is 0 Å². The molecule has 26 heavy (non-hydrogen) atoms. The van der Waals surface area contributed by atoms with Crippen LogP contribution in [0.25, 0.3) is 0 Å². The molecule has 1 N–H and O–H groups in total. The van der Waals surface area contributed by atoms with Crippen LogP contribution in [0.3, 0.4) is 0 Å². The number of anilines is 1. The zero-order valence-electron chi connectivity index (χ0n) is 14.0. The van der Waals surface area contributed by atoms with Gasteiger partial charge in [0.05, 0.1) is 24.5 Å². The van der Waals surface area contributed by atoms with Crippen molar-refractivity contribution >= 4 is 17.5 Å². The molecule has 2 amide bonds. The topological polar surface area (TPSA) is 77.1 Å². The second-order valence-electron chi connectivity index (χ2n) is 7.64. The molecule has 1 saturated carbocycles. The fourth-order valence-electron chi connectivity index (χ4n) is 4.59. The molecule has 7 nitrogen and oxygen atoms in total. The van der Waals surface area contributed by atoms with Gasteiger partial charge >= 0.3 is 0 Å². The minimum absolute atomic E-state index is 0.0605. The van der Waals surface area contributed by atoms with Crippen LogP contribution < -0.4 is 19.7 Å². The Kier molecular flexibility index (Phi) is 2.69. The molecular weight excluding hydrogens is 336 g/mol. The van der Waals surface area contributed by atoms with E-state index in [-0.39, 0.29) is 30.8 Å². The molecular formula is C19H18N2O5. The van der Waals surface area contributed by atoms with Crippen molar-refractivity contribution in [2.24, 2.45) is 11.8 Å². The monoisotopic (exact) mass is 354 g/mol. The first-order chi connectivity index (χ1) is 12.6. The van der Waals surface area contributed by atoms with Crippen molar-refractivity contribution in [1.29, 1.82) is 0 Å². The summed E-state index contributed by atoms with van der Waals surface area (Å²) in [5, 5.41) is 3.04. The lowest BCUT2D eigenvalue weighted by Crippen LogP contribution is -2.44. The van der Waals surface area contributed by atoms with Crippen molar-refractivity contribution in [3.8, 4) is 11.5 Å². The summed E-state index contributed by atoms with van der Waals surface area (Å²) in [6.07, 6.45) is 5.64. The number of hydrogen-bond donors (Lipinski definition) is 1. The normalized spacial score (nSPS) is 35.9. The maximum absolute atomic E-state index is 13.2. The quantitative estimate of drug-likeness (QED) is 0.819. The fraction of sp³-hybridized carbons (Fsp3) is 0.474. The third-order valence-electron chi connectivity index (χ3n) is 5.99. The molecule has 1 spiro atoms. The number of carbonyl (C=O) groups is 2. The van der Waals surface area contributed by atoms with Gasteiger partial charge in [-0.1, -0.05) is 12.2 Å². The Hall–Kier alpha value is -2.54. The molecule has 0 radical (unpaired) electrons. The first kappa shape index (κ1) is 14.6. The van der Waals surface area contributed by atoms with Crippen LogP contribution in [0, 0.1) is 11.8 Å². The lowest BCUT2D eigenvalue weighted by Gasteiger charge is -2.23. The summed E-state index contributed by atoms with van der Waals surface area (Å²) in [7, 11) is 0. The first-order valence-corrected chi connectivity index (χ1v) is 9.03. The van der Waals surface area contributed by atoms with Crippen LogP contribution in [0.5, 0.6) is 11.5 Å². The van der Waals surface area contributed by atoms with Gasteiger partial charge in [0.15, 0.2) is 11.5 Å². The first-order valence-electron chi connectivity index (χ1n) is 9.03. The average molecular weight is 354 g/mol. The van der Waals surface area contributed by atoms with Crippen LogP contribution in [0.1, 0.15) is 12.8 Å². The third-order valence-corrected chi connectivity index (χ3v) is 5.99. The number of fused-ring (bicyclic) bond motifs is 2. The van der Waals surface area contributed by atoms with Gasteiger partial charge in [0.25, 0.3) is 0 Å². The van der Waals surface area contributed by atoms with Gasteiger partial charge in [0.1, 0.15) is 5.60 Å². The highest BCUT2D eigenvalue weighted by Gasteiger charge is 2.67. The highest BCUT2D eigenvalue weighted by molar-refractivity contribution is 6.03. The molecule has 5 aliphatic rings. The molecule has 1 aliphatic carbocycles. The van der Waals surface area contributed by atoms with Gasteiger partial charge in [-0.15, -0.1) is 0 Å². The molecule has 1 aromatic carbocycles. The van der Waals surface area contributed by atoms with Crippen molar-refractivity contribution in [2.75, 3.05) is 18.2 Å². The van der Waals surface area contributed by atoms with Crippen LogP contribution in [0.15, 0.2) is 30.4 Å². The summed E-state index contributed by atoms with van der Waals surface area (Å²) in [4.78, 5) is 27.7. The highest BCUT2D eigenvalue weighted by atomic mass is 16.7. The molecule has 7 heteroatoms. The largest absolute Gasteiger partial charge is 0.454 e. The van der Waals surface area contributed by atoms with E-state index in [4.69, 9.17) is 14.2 Å². The molecule has 3 unspecified atom stereocenters. The molecule has 0 aromatic heterocycles. The lowest BCUT2D eigenvalue weighted by molar-refractivity contribution is -0.132. The van der Waals surface area contributed by atoms with Crippen molar-refractivity contribution in [3.05, 3.63) is 30.4 Å². The second-order valence-corrected chi connectivity index (χ2v) is 7.64. The molecule has 4 heterocycles. The Balaban J connectivity index is 1.33. The van der Waals surface area contributed by atoms with Gasteiger partial charge in [-0.05, 0) is 25.0 Å². The van der Waals surface area contributed by atoms with Crippen molar-refractivity contribution in [1.82, 2.24) is 5.32 Å². The Morgan fingerprint density at radius 1 is 1.23 bits per heavy atom. The minimum atomic E-state index is -0.705. The summed E-state index contributed by atoms with van der Waals surface area (Å²) >= 11 is 0. The van der Waals surface area contributed by atoms with Crippen LogP contribution in [-0.4, -0.2) is 42.9 Å². The number of benzene rings is 1. The maximum Gasteiger partial charge on any atom is 0.234 e. The van der Waals surface area contributed by atoms with E-state index in [0.717, 1.165) is 18.5 Å². The van der Waals surface area contributed by atoms with Crippen molar-refractivity contribution in [3.63, 3.8) is 0 Å². The minimum Gasteiger partial charge on any atom is -0.454 e. The summed E-state index contributed by atoms with van der Waals surface area (Å²) in [6.45, 7) is 0.604. The molecule has 2 bridgehead atoms. The van der Waals surface area contributed by atoms with Crippen LogP contribution >= 0.6 is 0 Å². The number of carbonyl (C=O) groups excluding carboxylic acids is 2. The van der Waals surface area contributed by atoms with Gasteiger partial charge in [-0.2, -0.15) is 0 Å². The van der Waals surface area contributed by atoms with Gasteiger partial charge in [0, 0.05) is 17.8 Å². The maximum atomic E-state index is 13.2. The second kappa shape index (κ2) is 4.79. The fourth-order valence-corrected chi connectivity index (χ4v) is 4.59. The lowest BCUT2D eigenvalue weighted by atomic mass is 9.77. The number of nitrogens with one attached hydrogen (secondary N) is 1. The van der Waals surface area contributed by atoms with E-state index < -0.39 is 17.4 Å². The molecule has 4 atom stereocenters. The Morgan fingerprint density at radius 2 is 2.08 bits per heavy atom. The number of rotatable bonds is 3. The Bertz CT molecular complexity index is 863. The zero-order chi connectivity index (χ0) is 17.5. The molecule has 4 aliphatic heterocycles. The molecule has 2 saturated heterocycles. The number of hydrogen-bond acceptors (Lipinski definition) is 5. The molecule has 3 fully saturated rings. The van der Waals surface area contributed by atoms with E-state index in [0.29, 0.717) is 18.0 Å². The summed E-state index contributed by atoms with van der Waals surface area (Å²) in [5.74, 6) is 0.265. The van der Waals surface area contributed by atoms with E-state index in [9.17, 15) is 9.59 Å². The van der Waals surface area contributed by atoms with Crippen LogP contribution in [0.4, 0.5) is 5.69 Å². The van der Waals surface area contributed by atoms with E-state index in [1.807, 2.05) is 30.4 Å². The third kappa shape index (κ3) is 1.86. The summed E-state index contributed by atoms with van der Waals surface area (Å²) < 4.78 is 16.9. The average Bonchev–Trinajstić information content (AvgIpc) is 3.02. The molecule has 134 valence electrons. The highest BCUT2D eigenvalue weighted by Crippen LogP contribution is 2.53.